The molecule has 1 heterocycles. The number of nitrogens with two attached hydrogens (primary N) is 1. The quantitative estimate of drug-likeness (QED) is 0.628. The van der Waals surface area contributed by atoms with E-state index in [9.17, 15) is 9.59 Å². The third-order valence-corrected chi connectivity index (χ3v) is 2.11. The molecule has 92 valence electrons. The fraction of sp³-hybridized carbons (Fsp3) is 0.364. The summed E-state index contributed by atoms with van der Waals surface area (Å²) in [6, 6.07) is 3.48. The van der Waals surface area contributed by atoms with E-state index in [1.165, 1.54) is 0 Å². The second-order valence-electron chi connectivity index (χ2n) is 3.58. The highest BCUT2D eigenvalue weighted by Crippen LogP contribution is 2.12. The highest BCUT2D eigenvalue weighted by Gasteiger charge is 2.13. The van der Waals surface area contributed by atoms with Gasteiger partial charge in [-0.25, -0.2) is 0 Å². The molecule has 0 spiro atoms. The molecule has 0 radical (unpaired) electrons. The van der Waals surface area contributed by atoms with Gasteiger partial charge in [0.15, 0.2) is 0 Å². The summed E-state index contributed by atoms with van der Waals surface area (Å²) in [5.74, 6) is -1.41. The van der Waals surface area contributed by atoms with Gasteiger partial charge in [-0.3, -0.25) is 14.6 Å². The Morgan fingerprint density at radius 1 is 1.29 bits per heavy atom. The van der Waals surface area contributed by atoms with Crippen molar-refractivity contribution in [1.29, 1.82) is 0 Å². The molecule has 0 unspecified atom stereocenters. The Kier molecular flexibility index (Phi) is 4.59. The maximum atomic E-state index is 11.5. The number of hydrogen-bond donors (Lipinski definition) is 3. The molecule has 4 N–H and O–H groups in total. The van der Waals surface area contributed by atoms with Gasteiger partial charge in [0.1, 0.15) is 0 Å². The van der Waals surface area contributed by atoms with E-state index in [0.717, 1.165) is 5.69 Å². The van der Waals surface area contributed by atoms with Gasteiger partial charge in [-0.2, -0.15) is 0 Å². The second kappa shape index (κ2) is 5.95. The summed E-state index contributed by atoms with van der Waals surface area (Å²) < 4.78 is 0. The fourth-order valence-electron chi connectivity index (χ4n) is 1.26. The first-order chi connectivity index (χ1) is 8.04. The zero-order chi connectivity index (χ0) is 12.8. The monoisotopic (exact) mass is 236 g/mol. The Morgan fingerprint density at radius 2 is 2.00 bits per heavy atom. The highest BCUT2D eigenvalue weighted by molar-refractivity contribution is 6.39. The Hall–Kier alpha value is -1.95. The van der Waals surface area contributed by atoms with Crippen LogP contribution in [0.5, 0.6) is 0 Å². The van der Waals surface area contributed by atoms with Crippen LogP contribution in [0.3, 0.4) is 0 Å². The molecule has 1 aromatic rings. The number of amides is 2. The van der Waals surface area contributed by atoms with Crippen molar-refractivity contribution >= 4 is 17.5 Å². The van der Waals surface area contributed by atoms with Crippen molar-refractivity contribution in [3.05, 3.63) is 23.5 Å². The zero-order valence-electron chi connectivity index (χ0n) is 9.91. The number of hydrogen-bond acceptors (Lipinski definition) is 4. The first kappa shape index (κ1) is 13.1. The molecule has 6 heteroatoms. The molecule has 1 rings (SSSR count). The average molecular weight is 236 g/mol. The van der Waals surface area contributed by atoms with Crippen molar-refractivity contribution in [2.24, 2.45) is 5.73 Å². The molecule has 1 aromatic heterocycles. The Balaban J connectivity index is 2.64. The third kappa shape index (κ3) is 3.84. The predicted octanol–water partition coefficient (Wildman–Crippen LogP) is -0.288. The van der Waals surface area contributed by atoms with Gasteiger partial charge in [-0.15, -0.1) is 0 Å². The highest BCUT2D eigenvalue weighted by atomic mass is 16.2. The van der Waals surface area contributed by atoms with Crippen LogP contribution in [0.25, 0.3) is 0 Å². The molecule has 0 atom stereocenters. The van der Waals surface area contributed by atoms with Gasteiger partial charge in [-0.1, -0.05) is 0 Å². The summed E-state index contributed by atoms with van der Waals surface area (Å²) in [5, 5.41) is 4.88. The number of nitrogens with one attached hydrogen (secondary N) is 2. The SMILES string of the molecule is Cc1ccc(NC(=O)C(=O)NCCN)c(C)n1. The molecular formula is C11H16N4O2. The number of rotatable bonds is 3. The standard InChI is InChI=1S/C11H16N4O2/c1-7-3-4-9(8(2)14-7)15-11(17)10(16)13-6-5-12/h3-4H,5-6,12H2,1-2H3,(H,13,16)(H,15,17). The number of carbonyl (C=O) groups excluding carboxylic acids is 2. The van der Waals surface area contributed by atoms with E-state index in [0.29, 0.717) is 17.9 Å². The van der Waals surface area contributed by atoms with E-state index < -0.39 is 11.8 Å². The summed E-state index contributed by atoms with van der Waals surface area (Å²) >= 11 is 0. The summed E-state index contributed by atoms with van der Waals surface area (Å²) in [6.07, 6.45) is 0. The normalized spacial score (nSPS) is 9.82. The fourth-order valence-corrected chi connectivity index (χ4v) is 1.26. The van der Waals surface area contributed by atoms with E-state index in [-0.39, 0.29) is 6.54 Å². The number of aryl methyl sites for hydroxylation is 2. The van der Waals surface area contributed by atoms with E-state index >= 15 is 0 Å². The van der Waals surface area contributed by atoms with Crippen LogP contribution in [0.15, 0.2) is 12.1 Å². The van der Waals surface area contributed by atoms with Crippen LogP contribution in [-0.4, -0.2) is 29.9 Å². The number of aromatic nitrogens is 1. The van der Waals surface area contributed by atoms with Crippen LogP contribution < -0.4 is 16.4 Å². The van der Waals surface area contributed by atoms with Crippen molar-refractivity contribution in [3.63, 3.8) is 0 Å². The first-order valence-corrected chi connectivity index (χ1v) is 5.28. The molecule has 6 nitrogen and oxygen atoms in total. The van der Waals surface area contributed by atoms with Gasteiger partial charge < -0.3 is 16.4 Å². The van der Waals surface area contributed by atoms with Crippen molar-refractivity contribution < 1.29 is 9.59 Å². The summed E-state index contributed by atoms with van der Waals surface area (Å²) in [7, 11) is 0. The van der Waals surface area contributed by atoms with E-state index in [2.05, 4.69) is 15.6 Å². The lowest BCUT2D eigenvalue weighted by molar-refractivity contribution is -0.136. The number of carbonyl (C=O) groups is 2. The predicted molar refractivity (Wildman–Crippen MR) is 64.4 cm³/mol. The largest absolute Gasteiger partial charge is 0.347 e. The molecular weight excluding hydrogens is 220 g/mol. The zero-order valence-corrected chi connectivity index (χ0v) is 9.91. The van der Waals surface area contributed by atoms with Gasteiger partial charge in [0, 0.05) is 18.8 Å². The van der Waals surface area contributed by atoms with Crippen molar-refractivity contribution in [2.45, 2.75) is 13.8 Å². The van der Waals surface area contributed by atoms with Crippen molar-refractivity contribution in [2.75, 3.05) is 18.4 Å². The van der Waals surface area contributed by atoms with Crippen LogP contribution in [0.2, 0.25) is 0 Å². The minimum atomic E-state index is -0.716. The average Bonchev–Trinajstić information content (AvgIpc) is 2.29. The molecule has 2 amide bonds. The number of nitrogens with zero attached hydrogens (tertiary/aromatic N) is 1. The van der Waals surface area contributed by atoms with Crippen LogP contribution >= 0.6 is 0 Å². The molecule has 0 saturated heterocycles. The van der Waals surface area contributed by atoms with Crippen LogP contribution in [-0.2, 0) is 9.59 Å². The van der Waals surface area contributed by atoms with Crippen LogP contribution in [0, 0.1) is 13.8 Å². The second-order valence-corrected chi connectivity index (χ2v) is 3.58. The van der Waals surface area contributed by atoms with Crippen molar-refractivity contribution in [3.8, 4) is 0 Å². The summed E-state index contributed by atoms with van der Waals surface area (Å²) in [4.78, 5) is 26.9. The lowest BCUT2D eigenvalue weighted by Gasteiger charge is -2.08. The molecule has 0 aliphatic carbocycles. The summed E-state index contributed by atoms with van der Waals surface area (Å²) in [5.41, 5.74) is 7.27. The molecule has 17 heavy (non-hydrogen) atoms. The van der Waals surface area contributed by atoms with Gasteiger partial charge >= 0.3 is 11.8 Å². The molecule has 0 saturated carbocycles. The smallest absolute Gasteiger partial charge is 0.313 e. The van der Waals surface area contributed by atoms with E-state index in [1.807, 2.05) is 6.92 Å². The van der Waals surface area contributed by atoms with E-state index in [1.54, 1.807) is 19.1 Å². The number of pyridine rings is 1. The maximum absolute atomic E-state index is 11.5. The van der Waals surface area contributed by atoms with Crippen LogP contribution in [0.4, 0.5) is 5.69 Å². The van der Waals surface area contributed by atoms with Gasteiger partial charge in [0.05, 0.1) is 11.4 Å². The third-order valence-electron chi connectivity index (χ3n) is 2.11. The minimum Gasteiger partial charge on any atom is -0.347 e. The molecule has 0 bridgehead atoms. The first-order valence-electron chi connectivity index (χ1n) is 5.28. The van der Waals surface area contributed by atoms with Crippen molar-refractivity contribution in [1.82, 2.24) is 10.3 Å². The topological polar surface area (TPSA) is 97.1 Å². The molecule has 0 aromatic carbocycles. The Labute approximate surface area is 99.6 Å². The Morgan fingerprint density at radius 3 is 2.59 bits per heavy atom. The Bertz CT molecular complexity index is 431. The lowest BCUT2D eigenvalue weighted by Crippen LogP contribution is -2.38. The maximum Gasteiger partial charge on any atom is 0.313 e. The summed E-state index contributed by atoms with van der Waals surface area (Å²) in [6.45, 7) is 4.19. The molecule has 0 fully saturated rings. The minimum absolute atomic E-state index is 0.275. The van der Waals surface area contributed by atoms with Gasteiger partial charge in [0.2, 0.25) is 0 Å². The van der Waals surface area contributed by atoms with E-state index in [4.69, 9.17) is 5.73 Å². The number of anilines is 1. The molecule has 0 aliphatic rings. The van der Waals surface area contributed by atoms with Crippen LogP contribution in [0.1, 0.15) is 11.4 Å². The van der Waals surface area contributed by atoms with Gasteiger partial charge in [0.25, 0.3) is 0 Å². The molecule has 0 aliphatic heterocycles. The van der Waals surface area contributed by atoms with Gasteiger partial charge in [-0.05, 0) is 26.0 Å². The lowest BCUT2D eigenvalue weighted by atomic mass is 10.2.